The van der Waals surface area contributed by atoms with Crippen LogP contribution in [0.1, 0.15) is 30.1 Å². The topological polar surface area (TPSA) is 69.6 Å². The van der Waals surface area contributed by atoms with Crippen molar-refractivity contribution >= 4 is 29.3 Å². The van der Waals surface area contributed by atoms with Gasteiger partial charge < -0.3 is 15.3 Å². The van der Waals surface area contributed by atoms with E-state index < -0.39 is 5.97 Å². The summed E-state index contributed by atoms with van der Waals surface area (Å²) in [5.74, 6) is -0.467. The number of carboxylic acids is 1. The van der Waals surface area contributed by atoms with Gasteiger partial charge in [0.15, 0.2) is 0 Å². The van der Waals surface area contributed by atoms with Crippen molar-refractivity contribution in [2.45, 2.75) is 19.8 Å². The summed E-state index contributed by atoms with van der Waals surface area (Å²) in [6, 6.07) is 4.24. The third kappa shape index (κ3) is 3.42. The first-order valence-corrected chi connectivity index (χ1v) is 6.94. The number of hydrogen-bond donors (Lipinski definition) is 2. The second-order valence-electron chi connectivity index (χ2n) is 5.10. The quantitative estimate of drug-likeness (QED) is 0.879. The molecule has 0 atom stereocenters. The number of benzene rings is 1. The van der Waals surface area contributed by atoms with E-state index in [-0.39, 0.29) is 16.6 Å². The Morgan fingerprint density at radius 3 is 2.60 bits per heavy atom. The molecule has 20 heavy (non-hydrogen) atoms. The Morgan fingerprint density at radius 1 is 1.35 bits per heavy atom. The fourth-order valence-corrected chi connectivity index (χ4v) is 2.38. The Labute approximate surface area is 122 Å². The standard InChI is InChI=1S/C14H17ClN2O3/c1-9-4-6-17(7-5-9)14(20)16-10-2-3-12(15)11(8-10)13(18)19/h2-3,8-9H,4-7H2,1H3,(H,16,20)(H,18,19). The molecule has 1 fully saturated rings. The maximum absolute atomic E-state index is 12.1. The first-order chi connectivity index (χ1) is 9.47. The van der Waals surface area contributed by atoms with Gasteiger partial charge in [0.25, 0.3) is 0 Å². The molecule has 0 saturated carbocycles. The van der Waals surface area contributed by atoms with Gasteiger partial charge in [-0.2, -0.15) is 0 Å². The zero-order chi connectivity index (χ0) is 14.7. The molecule has 0 aliphatic carbocycles. The predicted molar refractivity (Wildman–Crippen MR) is 77.4 cm³/mol. The maximum Gasteiger partial charge on any atom is 0.337 e. The summed E-state index contributed by atoms with van der Waals surface area (Å²) in [4.78, 5) is 24.8. The maximum atomic E-state index is 12.1. The van der Waals surface area contributed by atoms with Crippen LogP contribution < -0.4 is 5.32 Å². The van der Waals surface area contributed by atoms with Gasteiger partial charge in [0.2, 0.25) is 0 Å². The number of likely N-dealkylation sites (tertiary alicyclic amines) is 1. The number of urea groups is 1. The van der Waals surface area contributed by atoms with Crippen molar-refractivity contribution in [1.82, 2.24) is 4.90 Å². The van der Waals surface area contributed by atoms with Crippen LogP contribution in [0.4, 0.5) is 10.5 Å². The van der Waals surface area contributed by atoms with Crippen LogP contribution in [0.5, 0.6) is 0 Å². The van der Waals surface area contributed by atoms with Crippen LogP contribution in [-0.2, 0) is 0 Å². The van der Waals surface area contributed by atoms with Crippen LogP contribution in [-0.4, -0.2) is 35.1 Å². The van der Waals surface area contributed by atoms with Crippen LogP contribution in [0.2, 0.25) is 5.02 Å². The number of carboxylic acid groups (broad SMARTS) is 1. The van der Waals surface area contributed by atoms with Crippen LogP contribution >= 0.6 is 11.6 Å². The lowest BCUT2D eigenvalue weighted by molar-refractivity contribution is 0.0697. The molecule has 0 bridgehead atoms. The molecule has 0 radical (unpaired) electrons. The first-order valence-electron chi connectivity index (χ1n) is 6.56. The molecule has 1 aliphatic heterocycles. The van der Waals surface area contributed by atoms with E-state index in [1.165, 1.54) is 12.1 Å². The Balaban J connectivity index is 2.04. The fraction of sp³-hybridized carbons (Fsp3) is 0.429. The number of carbonyl (C=O) groups is 2. The number of hydrogen-bond acceptors (Lipinski definition) is 2. The summed E-state index contributed by atoms with van der Waals surface area (Å²) in [6.07, 6.45) is 1.99. The highest BCUT2D eigenvalue weighted by Gasteiger charge is 2.20. The molecule has 0 unspecified atom stereocenters. The average Bonchev–Trinajstić information content (AvgIpc) is 2.41. The van der Waals surface area contributed by atoms with Crippen molar-refractivity contribution in [1.29, 1.82) is 0 Å². The number of halogens is 1. The minimum absolute atomic E-state index is 0.0169. The first kappa shape index (κ1) is 14.7. The number of nitrogens with one attached hydrogen (secondary N) is 1. The second-order valence-corrected chi connectivity index (χ2v) is 5.51. The molecule has 2 rings (SSSR count). The van der Waals surface area contributed by atoms with E-state index in [4.69, 9.17) is 16.7 Å². The SMILES string of the molecule is CC1CCN(C(=O)Nc2ccc(Cl)c(C(=O)O)c2)CC1. The van der Waals surface area contributed by atoms with Crippen molar-refractivity contribution in [3.05, 3.63) is 28.8 Å². The smallest absolute Gasteiger partial charge is 0.337 e. The van der Waals surface area contributed by atoms with Crippen LogP contribution in [0.3, 0.4) is 0 Å². The Morgan fingerprint density at radius 2 is 2.00 bits per heavy atom. The summed E-state index contributed by atoms with van der Waals surface area (Å²) >= 11 is 5.79. The van der Waals surface area contributed by atoms with E-state index >= 15 is 0 Å². The van der Waals surface area contributed by atoms with Crippen LogP contribution in [0.25, 0.3) is 0 Å². The molecule has 2 N–H and O–H groups in total. The fourth-order valence-electron chi connectivity index (χ4n) is 2.18. The zero-order valence-corrected chi connectivity index (χ0v) is 12.0. The average molecular weight is 297 g/mol. The minimum atomic E-state index is -1.11. The van der Waals surface area contributed by atoms with Gasteiger partial charge in [0.1, 0.15) is 0 Å². The molecule has 1 saturated heterocycles. The second kappa shape index (κ2) is 6.13. The van der Waals surface area contributed by atoms with Crippen molar-refractivity contribution in [3.8, 4) is 0 Å². The lowest BCUT2D eigenvalue weighted by atomic mass is 10.00. The van der Waals surface area contributed by atoms with Crippen molar-refractivity contribution in [3.63, 3.8) is 0 Å². The number of anilines is 1. The molecular weight excluding hydrogens is 280 g/mol. The van der Waals surface area contributed by atoms with E-state index in [1.807, 2.05) is 0 Å². The third-order valence-corrected chi connectivity index (χ3v) is 3.85. The molecule has 2 amide bonds. The molecule has 1 heterocycles. The number of nitrogens with zero attached hydrogens (tertiary/aromatic N) is 1. The molecular formula is C14H17ClN2O3. The van der Waals surface area contributed by atoms with Gasteiger partial charge >= 0.3 is 12.0 Å². The largest absolute Gasteiger partial charge is 0.478 e. The summed E-state index contributed by atoms with van der Waals surface area (Å²) in [7, 11) is 0. The predicted octanol–water partition coefficient (Wildman–Crippen LogP) is 3.30. The molecule has 1 aliphatic rings. The number of aromatic carboxylic acids is 1. The van der Waals surface area contributed by atoms with Crippen LogP contribution in [0, 0.1) is 5.92 Å². The van der Waals surface area contributed by atoms with E-state index in [1.54, 1.807) is 11.0 Å². The van der Waals surface area contributed by atoms with Gasteiger partial charge in [-0.1, -0.05) is 18.5 Å². The summed E-state index contributed by atoms with van der Waals surface area (Å²) < 4.78 is 0. The number of amides is 2. The third-order valence-electron chi connectivity index (χ3n) is 3.52. The molecule has 1 aromatic rings. The van der Waals surface area contributed by atoms with E-state index in [2.05, 4.69) is 12.2 Å². The highest BCUT2D eigenvalue weighted by atomic mass is 35.5. The lowest BCUT2D eigenvalue weighted by Crippen LogP contribution is -2.40. The van der Waals surface area contributed by atoms with E-state index in [0.717, 1.165) is 25.9 Å². The zero-order valence-electron chi connectivity index (χ0n) is 11.2. The van der Waals surface area contributed by atoms with Crippen molar-refractivity contribution in [2.24, 2.45) is 5.92 Å². The molecule has 0 spiro atoms. The lowest BCUT2D eigenvalue weighted by Gasteiger charge is -2.30. The van der Waals surface area contributed by atoms with Gasteiger partial charge in [-0.25, -0.2) is 9.59 Å². The number of piperidine rings is 1. The molecule has 6 heteroatoms. The van der Waals surface area contributed by atoms with Gasteiger partial charge in [0, 0.05) is 18.8 Å². The summed E-state index contributed by atoms with van der Waals surface area (Å²) in [6.45, 7) is 3.63. The minimum Gasteiger partial charge on any atom is -0.478 e. The van der Waals surface area contributed by atoms with Crippen molar-refractivity contribution < 1.29 is 14.7 Å². The van der Waals surface area contributed by atoms with Gasteiger partial charge in [0.05, 0.1) is 10.6 Å². The van der Waals surface area contributed by atoms with Crippen molar-refractivity contribution in [2.75, 3.05) is 18.4 Å². The highest BCUT2D eigenvalue weighted by molar-refractivity contribution is 6.33. The van der Waals surface area contributed by atoms with E-state index in [9.17, 15) is 9.59 Å². The Kier molecular flexibility index (Phi) is 4.49. The Hall–Kier alpha value is -1.75. The molecule has 0 aromatic heterocycles. The van der Waals surface area contributed by atoms with Gasteiger partial charge in [-0.15, -0.1) is 0 Å². The van der Waals surface area contributed by atoms with E-state index in [0.29, 0.717) is 11.6 Å². The van der Waals surface area contributed by atoms with Gasteiger partial charge in [-0.05, 0) is 37.0 Å². The summed E-state index contributed by atoms with van der Waals surface area (Å²) in [5, 5.41) is 11.9. The molecule has 5 nitrogen and oxygen atoms in total. The van der Waals surface area contributed by atoms with Gasteiger partial charge in [-0.3, -0.25) is 0 Å². The Bertz CT molecular complexity index is 525. The number of carbonyl (C=O) groups excluding carboxylic acids is 1. The summed E-state index contributed by atoms with van der Waals surface area (Å²) in [5.41, 5.74) is 0.423. The highest BCUT2D eigenvalue weighted by Crippen LogP contribution is 2.22. The molecule has 108 valence electrons. The normalized spacial score (nSPS) is 16.0. The number of rotatable bonds is 2. The molecule has 1 aromatic carbocycles. The monoisotopic (exact) mass is 296 g/mol. The van der Waals surface area contributed by atoms with Crippen LogP contribution in [0.15, 0.2) is 18.2 Å².